The Hall–Kier alpha value is -2.70. The monoisotopic (exact) mass is 280 g/mol. The molecule has 104 valence electrons. The second-order valence-electron chi connectivity index (χ2n) is 3.97. The molecule has 2 rings (SSSR count). The molecule has 0 saturated carbocycles. The molecule has 2 aromatic carbocycles. The summed E-state index contributed by atoms with van der Waals surface area (Å²) in [6, 6.07) is 6.99. The van der Waals surface area contributed by atoms with Crippen LogP contribution in [-0.2, 0) is 6.61 Å². The van der Waals surface area contributed by atoms with Crippen molar-refractivity contribution in [3.8, 4) is 5.75 Å². The van der Waals surface area contributed by atoms with Crippen molar-refractivity contribution in [2.24, 2.45) is 0 Å². The summed E-state index contributed by atoms with van der Waals surface area (Å²) in [4.78, 5) is 10.1. The second-order valence-corrected chi connectivity index (χ2v) is 3.97. The second kappa shape index (κ2) is 5.52. The normalized spacial score (nSPS) is 10.3. The fraction of sp³-hybridized carbons (Fsp3) is 0.0769. The summed E-state index contributed by atoms with van der Waals surface area (Å²) in [7, 11) is 0. The van der Waals surface area contributed by atoms with Gasteiger partial charge in [0.15, 0.2) is 11.6 Å². The highest BCUT2D eigenvalue weighted by atomic mass is 19.1. The first kappa shape index (κ1) is 13.7. The van der Waals surface area contributed by atoms with E-state index >= 15 is 0 Å². The van der Waals surface area contributed by atoms with Crippen molar-refractivity contribution in [2.75, 3.05) is 5.73 Å². The molecular weight excluding hydrogens is 270 g/mol. The number of halogens is 2. The quantitative estimate of drug-likeness (QED) is 0.530. The fourth-order valence-corrected chi connectivity index (χ4v) is 1.63. The first-order chi connectivity index (χ1) is 9.49. The van der Waals surface area contributed by atoms with Crippen LogP contribution in [0.4, 0.5) is 20.2 Å². The molecule has 7 heteroatoms. The maximum atomic E-state index is 13.3. The average Bonchev–Trinajstić information content (AvgIpc) is 2.41. The van der Waals surface area contributed by atoms with Crippen LogP contribution in [0.15, 0.2) is 36.4 Å². The molecule has 0 aliphatic rings. The van der Waals surface area contributed by atoms with E-state index in [4.69, 9.17) is 10.5 Å². The van der Waals surface area contributed by atoms with Gasteiger partial charge < -0.3 is 10.5 Å². The van der Waals surface area contributed by atoms with E-state index in [-0.39, 0.29) is 23.7 Å². The maximum Gasteiger partial charge on any atom is 0.292 e. The van der Waals surface area contributed by atoms with E-state index in [1.54, 1.807) is 0 Å². The molecule has 0 amide bonds. The molecule has 2 aromatic rings. The molecule has 0 spiro atoms. The van der Waals surface area contributed by atoms with E-state index < -0.39 is 16.6 Å². The zero-order chi connectivity index (χ0) is 14.7. The Labute approximate surface area is 112 Å². The predicted octanol–water partition coefficient (Wildman–Crippen LogP) is 3.03. The summed E-state index contributed by atoms with van der Waals surface area (Å²) >= 11 is 0. The zero-order valence-electron chi connectivity index (χ0n) is 10.2. The van der Waals surface area contributed by atoms with Crippen LogP contribution < -0.4 is 10.5 Å². The number of benzene rings is 2. The molecule has 0 aromatic heterocycles. The Bertz CT molecular complexity index is 662. The summed E-state index contributed by atoms with van der Waals surface area (Å²) in [5.74, 6) is -1.65. The van der Waals surface area contributed by atoms with Crippen molar-refractivity contribution < 1.29 is 18.4 Å². The van der Waals surface area contributed by atoms with Gasteiger partial charge in [0.25, 0.3) is 5.69 Å². The molecule has 0 saturated heterocycles. The number of para-hydroxylation sites is 1. The molecule has 0 atom stereocenters. The van der Waals surface area contributed by atoms with Crippen LogP contribution in [0, 0.1) is 21.7 Å². The van der Waals surface area contributed by atoms with Crippen LogP contribution >= 0.6 is 0 Å². The van der Waals surface area contributed by atoms with Gasteiger partial charge in [-0.2, -0.15) is 0 Å². The smallest absolute Gasteiger partial charge is 0.292 e. The lowest BCUT2D eigenvalue weighted by Crippen LogP contribution is -2.04. The van der Waals surface area contributed by atoms with E-state index in [1.165, 1.54) is 18.2 Å². The summed E-state index contributed by atoms with van der Waals surface area (Å²) in [6.07, 6.45) is 0. The number of nitrogen functional groups attached to an aromatic ring is 1. The topological polar surface area (TPSA) is 78.4 Å². The number of nitro benzene ring substituents is 1. The fourth-order valence-electron chi connectivity index (χ4n) is 1.63. The third kappa shape index (κ3) is 2.82. The largest absolute Gasteiger partial charge is 0.486 e. The Morgan fingerprint density at radius 1 is 1.25 bits per heavy atom. The third-order valence-corrected chi connectivity index (χ3v) is 2.65. The Balaban J connectivity index is 2.21. The molecule has 0 aliphatic carbocycles. The van der Waals surface area contributed by atoms with Crippen LogP contribution in [-0.4, -0.2) is 4.92 Å². The molecule has 5 nitrogen and oxygen atoms in total. The van der Waals surface area contributed by atoms with E-state index in [0.717, 1.165) is 18.2 Å². The summed E-state index contributed by atoms with van der Waals surface area (Å²) < 4.78 is 31.4. The van der Waals surface area contributed by atoms with Gasteiger partial charge in [-0.15, -0.1) is 0 Å². The Morgan fingerprint density at radius 2 is 2.00 bits per heavy atom. The van der Waals surface area contributed by atoms with Gasteiger partial charge in [0.05, 0.1) is 4.92 Å². The van der Waals surface area contributed by atoms with E-state index in [0.29, 0.717) is 5.56 Å². The minimum Gasteiger partial charge on any atom is -0.486 e. The Morgan fingerprint density at radius 3 is 2.70 bits per heavy atom. The number of ether oxygens (including phenoxy) is 1. The number of nitrogens with zero attached hydrogens (tertiary/aromatic N) is 1. The van der Waals surface area contributed by atoms with Gasteiger partial charge in [0.1, 0.15) is 18.1 Å². The summed E-state index contributed by atoms with van der Waals surface area (Å²) in [5, 5.41) is 10.7. The van der Waals surface area contributed by atoms with Gasteiger partial charge in [0, 0.05) is 17.7 Å². The Kier molecular flexibility index (Phi) is 3.79. The SMILES string of the molecule is Nc1c(COc2cc(F)ccc2F)cccc1[N+](=O)[O-]. The third-order valence-electron chi connectivity index (χ3n) is 2.65. The highest BCUT2D eigenvalue weighted by Crippen LogP contribution is 2.26. The summed E-state index contributed by atoms with van der Waals surface area (Å²) in [6.45, 7) is -0.201. The highest BCUT2D eigenvalue weighted by molar-refractivity contribution is 5.62. The van der Waals surface area contributed by atoms with Gasteiger partial charge >= 0.3 is 0 Å². The predicted molar refractivity (Wildman–Crippen MR) is 68.2 cm³/mol. The number of nitro groups is 1. The van der Waals surface area contributed by atoms with Crippen molar-refractivity contribution >= 4 is 11.4 Å². The van der Waals surface area contributed by atoms with Crippen LogP contribution in [0.2, 0.25) is 0 Å². The van der Waals surface area contributed by atoms with Gasteiger partial charge in [0.2, 0.25) is 0 Å². The van der Waals surface area contributed by atoms with Crippen molar-refractivity contribution in [1.29, 1.82) is 0 Å². The zero-order valence-corrected chi connectivity index (χ0v) is 10.2. The first-order valence-electron chi connectivity index (χ1n) is 5.58. The molecule has 0 radical (unpaired) electrons. The van der Waals surface area contributed by atoms with Crippen LogP contribution in [0.1, 0.15) is 5.56 Å². The van der Waals surface area contributed by atoms with E-state index in [1.807, 2.05) is 0 Å². The van der Waals surface area contributed by atoms with Crippen molar-refractivity contribution in [1.82, 2.24) is 0 Å². The first-order valence-corrected chi connectivity index (χ1v) is 5.58. The maximum absolute atomic E-state index is 13.3. The van der Waals surface area contributed by atoms with Crippen molar-refractivity contribution in [3.05, 3.63) is 63.7 Å². The summed E-state index contributed by atoms with van der Waals surface area (Å²) in [5.41, 5.74) is 5.63. The molecule has 0 aliphatic heterocycles. The van der Waals surface area contributed by atoms with Gasteiger partial charge in [-0.05, 0) is 12.1 Å². The standard InChI is InChI=1S/C13H10F2N2O3/c14-9-4-5-10(15)12(6-9)20-7-8-2-1-3-11(13(8)16)17(18)19/h1-6H,7,16H2. The average molecular weight is 280 g/mol. The minimum atomic E-state index is -0.726. The van der Waals surface area contributed by atoms with Crippen molar-refractivity contribution in [3.63, 3.8) is 0 Å². The number of anilines is 1. The minimum absolute atomic E-state index is 0.0608. The molecule has 0 fully saturated rings. The molecule has 0 unspecified atom stereocenters. The van der Waals surface area contributed by atoms with Gasteiger partial charge in [-0.1, -0.05) is 12.1 Å². The molecule has 20 heavy (non-hydrogen) atoms. The molecule has 0 heterocycles. The molecule has 2 N–H and O–H groups in total. The number of hydrogen-bond acceptors (Lipinski definition) is 4. The number of rotatable bonds is 4. The van der Waals surface area contributed by atoms with Crippen molar-refractivity contribution in [2.45, 2.75) is 6.61 Å². The number of hydrogen-bond donors (Lipinski definition) is 1. The van der Waals surface area contributed by atoms with E-state index in [9.17, 15) is 18.9 Å². The molecular formula is C13H10F2N2O3. The van der Waals surface area contributed by atoms with Crippen LogP contribution in [0.25, 0.3) is 0 Å². The lowest BCUT2D eigenvalue weighted by Gasteiger charge is -2.09. The van der Waals surface area contributed by atoms with E-state index in [2.05, 4.69) is 0 Å². The number of nitrogens with two attached hydrogens (primary N) is 1. The molecule has 0 bridgehead atoms. The van der Waals surface area contributed by atoms with Gasteiger partial charge in [-0.3, -0.25) is 10.1 Å². The van der Waals surface area contributed by atoms with Gasteiger partial charge in [-0.25, -0.2) is 8.78 Å². The van der Waals surface area contributed by atoms with Crippen LogP contribution in [0.3, 0.4) is 0 Å². The lowest BCUT2D eigenvalue weighted by molar-refractivity contribution is -0.384. The lowest BCUT2D eigenvalue weighted by atomic mass is 10.1. The highest BCUT2D eigenvalue weighted by Gasteiger charge is 2.15. The van der Waals surface area contributed by atoms with Crippen LogP contribution in [0.5, 0.6) is 5.75 Å².